The van der Waals surface area contributed by atoms with E-state index in [1.165, 1.54) is 11.3 Å². The van der Waals surface area contributed by atoms with E-state index < -0.39 is 24.3 Å². The Bertz CT molecular complexity index is 823. The second kappa shape index (κ2) is 8.40. The predicted molar refractivity (Wildman–Crippen MR) is 92.6 cm³/mol. The summed E-state index contributed by atoms with van der Waals surface area (Å²) in [5.74, 6) is -1.61. The van der Waals surface area contributed by atoms with Crippen LogP contribution in [0.1, 0.15) is 27.7 Å². The molecule has 0 bridgehead atoms. The first-order chi connectivity index (χ1) is 11.9. The molecule has 2 rings (SSSR count). The van der Waals surface area contributed by atoms with E-state index in [0.29, 0.717) is 10.8 Å². The molecule has 0 N–H and O–H groups in total. The van der Waals surface area contributed by atoms with Crippen molar-refractivity contribution in [2.24, 2.45) is 0 Å². The summed E-state index contributed by atoms with van der Waals surface area (Å²) in [4.78, 5) is 28.0. The average Bonchev–Trinajstić information content (AvgIpc) is 2.99. The second-order valence-electron chi connectivity index (χ2n) is 5.57. The highest BCUT2D eigenvalue weighted by molar-refractivity contribution is 7.09. The first kappa shape index (κ1) is 18.6. The Morgan fingerprint density at radius 3 is 2.64 bits per heavy atom. The van der Waals surface area contributed by atoms with Crippen molar-refractivity contribution in [3.8, 4) is 11.8 Å². The van der Waals surface area contributed by atoms with Gasteiger partial charge >= 0.3 is 5.97 Å². The topological polar surface area (TPSA) is 89.3 Å². The molecule has 0 fully saturated rings. The van der Waals surface area contributed by atoms with Crippen molar-refractivity contribution in [3.05, 3.63) is 45.4 Å². The van der Waals surface area contributed by atoms with Gasteiger partial charge in [-0.15, -0.1) is 11.3 Å². The molecular weight excluding hydrogens is 340 g/mol. The van der Waals surface area contributed by atoms with Crippen molar-refractivity contribution >= 4 is 23.1 Å². The predicted octanol–water partition coefficient (Wildman–Crippen LogP) is 2.87. The summed E-state index contributed by atoms with van der Waals surface area (Å²) in [6.07, 6.45) is 0. The molecule has 0 spiro atoms. The van der Waals surface area contributed by atoms with Crippen LogP contribution in [0.3, 0.4) is 0 Å². The number of hydrogen-bond acceptors (Lipinski definition) is 7. The molecule has 1 atom stereocenters. The molecule has 25 heavy (non-hydrogen) atoms. The van der Waals surface area contributed by atoms with Crippen molar-refractivity contribution in [1.29, 1.82) is 5.26 Å². The normalized spacial score (nSPS) is 11.4. The molecular formula is C18H18N2O4S. The van der Waals surface area contributed by atoms with E-state index >= 15 is 0 Å². The zero-order valence-electron chi connectivity index (χ0n) is 14.2. The summed E-state index contributed by atoms with van der Waals surface area (Å²) in [5.41, 5.74) is 2.75. The van der Waals surface area contributed by atoms with Crippen molar-refractivity contribution in [2.45, 2.75) is 26.7 Å². The molecule has 0 aliphatic carbocycles. The number of aromatic nitrogens is 1. The molecule has 7 heteroatoms. The van der Waals surface area contributed by atoms with Crippen LogP contribution in [0.25, 0.3) is 0 Å². The van der Waals surface area contributed by atoms with Crippen molar-refractivity contribution in [3.63, 3.8) is 0 Å². The first-order valence-electron chi connectivity index (χ1n) is 7.60. The van der Waals surface area contributed by atoms with Crippen LogP contribution in [0.4, 0.5) is 0 Å². The Kier molecular flexibility index (Phi) is 6.25. The van der Waals surface area contributed by atoms with Gasteiger partial charge in [-0.25, -0.2) is 9.78 Å². The van der Waals surface area contributed by atoms with Gasteiger partial charge in [0.1, 0.15) is 10.8 Å². The standard InChI is InChI=1S/C18H18N2O4S/c1-11-4-5-16(12(2)6-11)23-9-17(22)24-8-15(21)14(7-19)18-20-13(3)10-25-18/h4-6,10,14H,8-9H2,1-3H3/t14-/m0/s1. The quantitative estimate of drug-likeness (QED) is 0.707. The zero-order valence-corrected chi connectivity index (χ0v) is 15.1. The van der Waals surface area contributed by atoms with Crippen LogP contribution < -0.4 is 4.74 Å². The van der Waals surface area contributed by atoms with E-state index in [1.807, 2.05) is 32.0 Å². The van der Waals surface area contributed by atoms with E-state index in [4.69, 9.17) is 14.7 Å². The molecule has 0 unspecified atom stereocenters. The summed E-state index contributed by atoms with van der Waals surface area (Å²) >= 11 is 1.24. The number of rotatable bonds is 7. The van der Waals surface area contributed by atoms with Crippen LogP contribution in [0, 0.1) is 32.1 Å². The minimum atomic E-state index is -1.02. The lowest BCUT2D eigenvalue weighted by Gasteiger charge is -2.10. The fourth-order valence-corrected chi connectivity index (χ4v) is 3.01. The lowest BCUT2D eigenvalue weighted by atomic mass is 10.1. The third-order valence-corrected chi connectivity index (χ3v) is 4.41. The van der Waals surface area contributed by atoms with Crippen LogP contribution in [0.2, 0.25) is 0 Å². The van der Waals surface area contributed by atoms with Gasteiger partial charge in [0.15, 0.2) is 24.9 Å². The van der Waals surface area contributed by atoms with E-state index in [2.05, 4.69) is 4.98 Å². The Hall–Kier alpha value is -2.72. The maximum atomic E-state index is 12.1. The number of esters is 1. The number of ketones is 1. The van der Waals surface area contributed by atoms with E-state index in [1.54, 1.807) is 18.4 Å². The van der Waals surface area contributed by atoms with Crippen molar-refractivity contribution in [2.75, 3.05) is 13.2 Å². The molecule has 0 saturated heterocycles. The molecule has 0 radical (unpaired) electrons. The number of ether oxygens (including phenoxy) is 2. The first-order valence-corrected chi connectivity index (χ1v) is 8.48. The number of thiazole rings is 1. The lowest BCUT2D eigenvalue weighted by Crippen LogP contribution is -2.23. The van der Waals surface area contributed by atoms with Crippen LogP contribution in [0.15, 0.2) is 23.6 Å². The zero-order chi connectivity index (χ0) is 18.4. The van der Waals surface area contributed by atoms with Crippen LogP contribution in [-0.4, -0.2) is 30.0 Å². The van der Waals surface area contributed by atoms with Crippen LogP contribution in [-0.2, 0) is 14.3 Å². The third-order valence-electron chi connectivity index (χ3n) is 3.39. The highest BCUT2D eigenvalue weighted by atomic mass is 32.1. The summed E-state index contributed by atoms with van der Waals surface area (Å²) in [6.45, 7) is 4.84. The molecule has 1 aromatic heterocycles. The number of hydrogen-bond donors (Lipinski definition) is 0. The number of aryl methyl sites for hydroxylation is 3. The van der Waals surface area contributed by atoms with Gasteiger partial charge in [0.05, 0.1) is 6.07 Å². The summed E-state index contributed by atoms with van der Waals surface area (Å²) in [7, 11) is 0. The Balaban J connectivity index is 1.84. The van der Waals surface area contributed by atoms with Gasteiger partial charge in [-0.1, -0.05) is 17.7 Å². The molecule has 1 heterocycles. The molecule has 2 aromatic rings. The number of Topliss-reactive ketones (excluding diaryl/α,β-unsaturated/α-hetero) is 1. The SMILES string of the molecule is Cc1ccc(OCC(=O)OCC(=O)[C@H](C#N)c2nc(C)cs2)c(C)c1. The average molecular weight is 358 g/mol. The molecule has 0 saturated carbocycles. The number of carbonyl (C=O) groups is 2. The Morgan fingerprint density at radius 2 is 2.04 bits per heavy atom. The van der Waals surface area contributed by atoms with Crippen LogP contribution in [0.5, 0.6) is 5.75 Å². The molecule has 0 amide bonds. The third kappa shape index (κ3) is 5.13. The van der Waals surface area contributed by atoms with Gasteiger partial charge in [-0.2, -0.15) is 5.26 Å². The molecule has 6 nitrogen and oxygen atoms in total. The van der Waals surface area contributed by atoms with Crippen molar-refractivity contribution < 1.29 is 19.1 Å². The number of nitriles is 1. The maximum Gasteiger partial charge on any atom is 0.344 e. The minimum absolute atomic E-state index is 0.301. The molecule has 0 aliphatic rings. The molecule has 130 valence electrons. The van der Waals surface area contributed by atoms with Gasteiger partial charge in [0, 0.05) is 11.1 Å². The Morgan fingerprint density at radius 1 is 1.28 bits per heavy atom. The summed E-state index contributed by atoms with van der Waals surface area (Å²) in [5, 5.41) is 11.3. The summed E-state index contributed by atoms with van der Waals surface area (Å²) < 4.78 is 10.3. The fraction of sp³-hybridized carbons (Fsp3) is 0.333. The minimum Gasteiger partial charge on any atom is -0.482 e. The van der Waals surface area contributed by atoms with Gasteiger partial charge < -0.3 is 9.47 Å². The smallest absolute Gasteiger partial charge is 0.344 e. The van der Waals surface area contributed by atoms with Crippen molar-refractivity contribution in [1.82, 2.24) is 4.98 Å². The summed E-state index contributed by atoms with van der Waals surface area (Å²) in [6, 6.07) is 7.50. The van der Waals surface area contributed by atoms with E-state index in [-0.39, 0.29) is 6.61 Å². The highest BCUT2D eigenvalue weighted by Gasteiger charge is 2.24. The second-order valence-corrected chi connectivity index (χ2v) is 6.46. The Labute approximate surface area is 150 Å². The highest BCUT2D eigenvalue weighted by Crippen LogP contribution is 2.21. The van der Waals surface area contributed by atoms with Gasteiger partial charge in [0.2, 0.25) is 0 Å². The van der Waals surface area contributed by atoms with Gasteiger partial charge in [0.25, 0.3) is 0 Å². The maximum absolute atomic E-state index is 12.1. The molecule has 1 aromatic carbocycles. The largest absolute Gasteiger partial charge is 0.482 e. The van der Waals surface area contributed by atoms with E-state index in [0.717, 1.165) is 16.8 Å². The lowest BCUT2D eigenvalue weighted by molar-refractivity contribution is -0.150. The van der Waals surface area contributed by atoms with Crippen LogP contribution >= 0.6 is 11.3 Å². The van der Waals surface area contributed by atoms with E-state index in [9.17, 15) is 9.59 Å². The van der Waals surface area contributed by atoms with Gasteiger partial charge in [-0.3, -0.25) is 4.79 Å². The number of benzene rings is 1. The number of nitrogens with zero attached hydrogens (tertiary/aromatic N) is 2. The fourth-order valence-electron chi connectivity index (χ4n) is 2.14. The number of carbonyl (C=O) groups excluding carboxylic acids is 2. The van der Waals surface area contributed by atoms with Gasteiger partial charge in [-0.05, 0) is 32.4 Å². The molecule has 0 aliphatic heterocycles. The monoisotopic (exact) mass is 358 g/mol.